The van der Waals surface area contributed by atoms with E-state index < -0.39 is 12.2 Å². The maximum atomic E-state index is 10.0. The molecule has 29 heavy (non-hydrogen) atoms. The Morgan fingerprint density at radius 2 is 1.45 bits per heavy atom. The molecule has 0 aliphatic carbocycles. The van der Waals surface area contributed by atoms with Crippen LogP contribution in [0.15, 0.2) is 55.6 Å². The van der Waals surface area contributed by atoms with Crippen LogP contribution in [0.3, 0.4) is 0 Å². The average Bonchev–Trinajstić information content (AvgIpc) is 2.71. The lowest BCUT2D eigenvalue weighted by molar-refractivity contribution is 0.0213. The van der Waals surface area contributed by atoms with Gasteiger partial charge in [-0.2, -0.15) is 0 Å². The highest BCUT2D eigenvalue weighted by molar-refractivity contribution is 5.94. The minimum absolute atomic E-state index is 0.111. The van der Waals surface area contributed by atoms with Gasteiger partial charge in [-0.05, 0) is 18.6 Å². The molecule has 158 valence electrons. The van der Waals surface area contributed by atoms with Gasteiger partial charge >= 0.3 is 0 Å². The summed E-state index contributed by atoms with van der Waals surface area (Å²) in [4.78, 5) is 0. The Kier molecular flexibility index (Phi) is 9.67. The lowest BCUT2D eigenvalue weighted by Crippen LogP contribution is -2.24. The minimum atomic E-state index is -0.741. The molecule has 0 radical (unpaired) electrons. The molecule has 2 aromatic rings. The van der Waals surface area contributed by atoms with Gasteiger partial charge in [0.1, 0.15) is 36.9 Å². The summed E-state index contributed by atoms with van der Waals surface area (Å²) >= 11 is 0. The van der Waals surface area contributed by atoms with E-state index in [1.54, 1.807) is 12.2 Å². The monoisotopic (exact) mass is 402 g/mol. The van der Waals surface area contributed by atoms with Crippen molar-refractivity contribution >= 4 is 10.8 Å². The zero-order valence-corrected chi connectivity index (χ0v) is 16.9. The fourth-order valence-corrected chi connectivity index (χ4v) is 2.76. The van der Waals surface area contributed by atoms with Crippen molar-refractivity contribution in [2.45, 2.75) is 19.1 Å². The Morgan fingerprint density at radius 3 is 2.07 bits per heavy atom. The van der Waals surface area contributed by atoms with Gasteiger partial charge in [0.25, 0.3) is 0 Å². The van der Waals surface area contributed by atoms with Crippen molar-refractivity contribution in [2.24, 2.45) is 0 Å². The highest BCUT2D eigenvalue weighted by Crippen LogP contribution is 2.35. The Balaban J connectivity index is 2.07. The minimum Gasteiger partial charge on any atom is -0.490 e. The van der Waals surface area contributed by atoms with Gasteiger partial charge in [0.15, 0.2) is 0 Å². The van der Waals surface area contributed by atoms with Crippen molar-refractivity contribution in [1.82, 2.24) is 0 Å². The predicted molar refractivity (Wildman–Crippen MR) is 114 cm³/mol. The normalized spacial score (nSPS) is 13.1. The number of fused-ring (bicyclic) bond motifs is 1. The molecular formula is C23H30O6. The first kappa shape index (κ1) is 22.9. The first-order valence-electron chi connectivity index (χ1n) is 9.58. The third-order valence-electron chi connectivity index (χ3n) is 4.11. The van der Waals surface area contributed by atoms with Crippen LogP contribution in [0.4, 0.5) is 0 Å². The molecule has 6 heteroatoms. The van der Waals surface area contributed by atoms with Gasteiger partial charge in [0.05, 0.1) is 26.4 Å². The third-order valence-corrected chi connectivity index (χ3v) is 4.11. The second-order valence-electron chi connectivity index (χ2n) is 6.64. The molecule has 6 nitrogen and oxygen atoms in total. The van der Waals surface area contributed by atoms with Gasteiger partial charge in [-0.15, -0.1) is 13.2 Å². The Morgan fingerprint density at radius 1 is 0.828 bits per heavy atom. The molecule has 2 atom stereocenters. The molecule has 0 saturated carbocycles. The van der Waals surface area contributed by atoms with Crippen LogP contribution in [0.1, 0.15) is 5.56 Å². The van der Waals surface area contributed by atoms with E-state index in [1.807, 2.05) is 37.3 Å². The molecule has 0 aliphatic heterocycles. The second kappa shape index (κ2) is 12.2. The highest BCUT2D eigenvalue weighted by atomic mass is 16.5. The number of aryl methyl sites for hydroxylation is 1. The van der Waals surface area contributed by atoms with Crippen molar-refractivity contribution in [3.05, 3.63) is 61.2 Å². The number of aliphatic hydroxyl groups excluding tert-OH is 2. The van der Waals surface area contributed by atoms with E-state index in [9.17, 15) is 10.2 Å². The van der Waals surface area contributed by atoms with Crippen molar-refractivity contribution in [3.8, 4) is 11.5 Å². The van der Waals surface area contributed by atoms with Gasteiger partial charge in [-0.1, -0.05) is 36.4 Å². The molecule has 2 aromatic carbocycles. The smallest absolute Gasteiger partial charge is 0.130 e. The summed E-state index contributed by atoms with van der Waals surface area (Å²) < 4.78 is 22.2. The van der Waals surface area contributed by atoms with Crippen LogP contribution in [0.25, 0.3) is 10.8 Å². The molecule has 2 rings (SSSR count). The quantitative estimate of drug-likeness (QED) is 0.374. The summed E-state index contributed by atoms with van der Waals surface area (Å²) in [5.74, 6) is 1.33. The van der Waals surface area contributed by atoms with Crippen LogP contribution >= 0.6 is 0 Å². The van der Waals surface area contributed by atoms with E-state index in [1.165, 1.54) is 0 Å². The molecule has 0 fully saturated rings. The summed E-state index contributed by atoms with van der Waals surface area (Å²) in [7, 11) is 0. The summed E-state index contributed by atoms with van der Waals surface area (Å²) in [5.41, 5.74) is 0.951. The van der Waals surface area contributed by atoms with Crippen molar-refractivity contribution < 1.29 is 29.2 Å². The first-order valence-corrected chi connectivity index (χ1v) is 9.58. The highest BCUT2D eigenvalue weighted by Gasteiger charge is 2.13. The Hall–Kier alpha value is -2.38. The van der Waals surface area contributed by atoms with Crippen LogP contribution in [0.2, 0.25) is 0 Å². The van der Waals surface area contributed by atoms with Crippen LogP contribution in [0, 0.1) is 6.92 Å². The van der Waals surface area contributed by atoms with Crippen molar-refractivity contribution in [3.63, 3.8) is 0 Å². The van der Waals surface area contributed by atoms with Crippen LogP contribution < -0.4 is 9.47 Å². The average molecular weight is 402 g/mol. The molecule has 0 bridgehead atoms. The van der Waals surface area contributed by atoms with Crippen molar-refractivity contribution in [1.29, 1.82) is 0 Å². The van der Waals surface area contributed by atoms with E-state index in [0.29, 0.717) is 24.7 Å². The first-order chi connectivity index (χ1) is 14.1. The van der Waals surface area contributed by atoms with Crippen LogP contribution in [-0.4, -0.2) is 62.1 Å². The van der Waals surface area contributed by atoms with Gasteiger partial charge in [-0.3, -0.25) is 0 Å². The molecule has 0 saturated heterocycles. The largest absolute Gasteiger partial charge is 0.490 e. The maximum Gasteiger partial charge on any atom is 0.130 e. The maximum absolute atomic E-state index is 10.0. The summed E-state index contributed by atoms with van der Waals surface area (Å²) in [6, 6.07) is 9.55. The molecule has 0 aromatic heterocycles. The number of rotatable bonds is 14. The lowest BCUT2D eigenvalue weighted by Gasteiger charge is -2.18. The molecular weight excluding hydrogens is 372 g/mol. The van der Waals surface area contributed by atoms with E-state index >= 15 is 0 Å². The fraction of sp³-hybridized carbons (Fsp3) is 0.391. The van der Waals surface area contributed by atoms with Gasteiger partial charge in [0.2, 0.25) is 0 Å². The van der Waals surface area contributed by atoms with Gasteiger partial charge in [0, 0.05) is 10.8 Å². The van der Waals surface area contributed by atoms with Crippen LogP contribution in [0.5, 0.6) is 11.5 Å². The SMILES string of the molecule is C=CCOCC(O)COc1cccc2c(OCC(O)COCC=C)c(C)ccc12. The number of ether oxygens (including phenoxy) is 4. The molecule has 2 N–H and O–H groups in total. The topological polar surface area (TPSA) is 77.4 Å². The number of hydrogen-bond acceptors (Lipinski definition) is 6. The Labute approximate surface area is 172 Å². The Bertz CT molecular complexity index is 788. The predicted octanol–water partition coefficient (Wildman–Crippen LogP) is 3.03. The standard InChI is InChI=1S/C23H30O6/c1-4-11-26-13-18(24)15-28-22-8-6-7-21-20(22)10-9-17(3)23(21)29-16-19(25)14-27-12-5-2/h4-10,18-19,24-25H,1-2,11-16H2,3H3. The molecule has 0 heterocycles. The molecule has 2 unspecified atom stereocenters. The number of benzene rings is 2. The summed E-state index contributed by atoms with van der Waals surface area (Å²) in [6.45, 7) is 10.4. The van der Waals surface area contributed by atoms with Gasteiger partial charge < -0.3 is 29.2 Å². The second-order valence-corrected chi connectivity index (χ2v) is 6.64. The zero-order valence-electron chi connectivity index (χ0n) is 16.9. The van der Waals surface area contributed by atoms with E-state index in [2.05, 4.69) is 13.2 Å². The van der Waals surface area contributed by atoms with E-state index in [-0.39, 0.29) is 26.4 Å². The molecule has 0 spiro atoms. The zero-order chi connectivity index (χ0) is 21.1. The third kappa shape index (κ3) is 7.18. The number of aliphatic hydroxyl groups is 2. The van der Waals surface area contributed by atoms with E-state index in [0.717, 1.165) is 16.3 Å². The molecule has 0 amide bonds. The van der Waals surface area contributed by atoms with Crippen LogP contribution in [-0.2, 0) is 9.47 Å². The number of hydrogen-bond donors (Lipinski definition) is 2. The fourth-order valence-electron chi connectivity index (χ4n) is 2.76. The van der Waals surface area contributed by atoms with Crippen molar-refractivity contribution in [2.75, 3.05) is 39.6 Å². The lowest BCUT2D eigenvalue weighted by atomic mass is 10.1. The summed E-state index contributed by atoms with van der Waals surface area (Å²) in [6.07, 6.45) is 1.78. The van der Waals surface area contributed by atoms with E-state index in [4.69, 9.17) is 18.9 Å². The summed E-state index contributed by atoms with van der Waals surface area (Å²) in [5, 5.41) is 21.8. The molecule has 0 aliphatic rings. The van der Waals surface area contributed by atoms with Gasteiger partial charge in [-0.25, -0.2) is 0 Å².